The molecule has 7 nitrogen and oxygen atoms in total. The van der Waals surface area contributed by atoms with Crippen molar-refractivity contribution >= 4 is 11.6 Å². The second-order valence-electron chi connectivity index (χ2n) is 4.93. The number of carbonyl (C=O) groups is 1. The van der Waals surface area contributed by atoms with Crippen LogP contribution in [0.4, 0.5) is 5.69 Å². The Hall–Kier alpha value is -2.28. The van der Waals surface area contributed by atoms with E-state index in [1.807, 2.05) is 25.1 Å². The summed E-state index contributed by atoms with van der Waals surface area (Å²) in [5.74, 6) is 0.138. The largest absolute Gasteiger partial charge is 0.326 e. The molecular formula is C13H16N6O. The Kier molecular flexibility index (Phi) is 3.42. The Morgan fingerprint density at radius 3 is 3.05 bits per heavy atom. The lowest BCUT2D eigenvalue weighted by molar-refractivity contribution is -0.119. The number of benzene rings is 1. The van der Waals surface area contributed by atoms with E-state index in [4.69, 9.17) is 0 Å². The molecule has 104 valence electrons. The monoisotopic (exact) mass is 272 g/mol. The molecule has 1 atom stereocenters. The minimum atomic E-state index is 0.0644. The lowest BCUT2D eigenvalue weighted by Crippen LogP contribution is -2.24. The zero-order chi connectivity index (χ0) is 13.9. The fraction of sp³-hybridized carbons (Fsp3) is 0.385. The van der Waals surface area contributed by atoms with Crippen molar-refractivity contribution in [2.24, 2.45) is 5.92 Å². The Labute approximate surface area is 116 Å². The molecule has 0 aliphatic carbocycles. The molecule has 1 aromatic carbocycles. The van der Waals surface area contributed by atoms with Gasteiger partial charge in [0.05, 0.1) is 11.6 Å². The van der Waals surface area contributed by atoms with E-state index in [1.54, 1.807) is 11.0 Å². The number of hydrogen-bond acceptors (Lipinski definition) is 5. The smallest absolute Gasteiger partial charge is 0.228 e. The topological polar surface area (TPSA) is 84.7 Å². The van der Waals surface area contributed by atoms with Crippen LogP contribution in [0, 0.1) is 12.8 Å². The van der Waals surface area contributed by atoms with Gasteiger partial charge < -0.3 is 10.6 Å². The summed E-state index contributed by atoms with van der Waals surface area (Å²) in [6.45, 7) is 3.63. The second kappa shape index (κ2) is 5.38. The molecule has 1 amide bonds. The lowest BCUT2D eigenvalue weighted by Gasteiger charge is -2.12. The van der Waals surface area contributed by atoms with E-state index in [2.05, 4.69) is 26.2 Å². The third-order valence-electron chi connectivity index (χ3n) is 3.49. The van der Waals surface area contributed by atoms with Crippen molar-refractivity contribution in [1.29, 1.82) is 0 Å². The summed E-state index contributed by atoms with van der Waals surface area (Å²) < 4.78 is 1.60. The molecular weight excluding hydrogens is 256 g/mol. The van der Waals surface area contributed by atoms with Gasteiger partial charge in [0.2, 0.25) is 5.91 Å². The van der Waals surface area contributed by atoms with Gasteiger partial charge in [-0.15, -0.1) is 5.10 Å². The van der Waals surface area contributed by atoms with Crippen LogP contribution in [0.5, 0.6) is 0 Å². The maximum Gasteiger partial charge on any atom is 0.228 e. The molecule has 1 unspecified atom stereocenters. The van der Waals surface area contributed by atoms with Gasteiger partial charge in [-0.2, -0.15) is 0 Å². The number of aryl methyl sites for hydroxylation is 1. The number of tetrazole rings is 1. The van der Waals surface area contributed by atoms with Crippen molar-refractivity contribution in [1.82, 2.24) is 25.5 Å². The van der Waals surface area contributed by atoms with Crippen LogP contribution < -0.4 is 10.6 Å². The number of amides is 1. The van der Waals surface area contributed by atoms with Crippen molar-refractivity contribution in [2.75, 3.05) is 18.4 Å². The van der Waals surface area contributed by atoms with E-state index < -0.39 is 0 Å². The van der Waals surface area contributed by atoms with Crippen LogP contribution in [0.1, 0.15) is 12.0 Å². The first-order valence-electron chi connectivity index (χ1n) is 6.59. The Balaban J connectivity index is 1.75. The van der Waals surface area contributed by atoms with Gasteiger partial charge in [-0.25, -0.2) is 4.68 Å². The van der Waals surface area contributed by atoms with Crippen LogP contribution >= 0.6 is 0 Å². The molecule has 1 fully saturated rings. The van der Waals surface area contributed by atoms with Gasteiger partial charge in [0.25, 0.3) is 0 Å². The summed E-state index contributed by atoms with van der Waals surface area (Å²) in [4.78, 5) is 12.1. The van der Waals surface area contributed by atoms with Gasteiger partial charge >= 0.3 is 0 Å². The summed E-state index contributed by atoms with van der Waals surface area (Å²) in [5, 5.41) is 17.2. The Bertz CT molecular complexity index is 603. The highest BCUT2D eigenvalue weighted by Crippen LogP contribution is 2.19. The highest BCUT2D eigenvalue weighted by Gasteiger charge is 2.22. The number of aromatic nitrogens is 4. The van der Waals surface area contributed by atoms with E-state index >= 15 is 0 Å². The van der Waals surface area contributed by atoms with Gasteiger partial charge in [-0.3, -0.25) is 4.79 Å². The molecule has 7 heteroatoms. The average Bonchev–Trinajstić information content (AvgIpc) is 3.12. The lowest BCUT2D eigenvalue weighted by atomic mass is 10.1. The molecule has 2 N–H and O–H groups in total. The minimum Gasteiger partial charge on any atom is -0.326 e. The number of nitrogens with one attached hydrogen (secondary N) is 2. The van der Waals surface area contributed by atoms with Gasteiger partial charge in [-0.1, -0.05) is 0 Å². The molecule has 0 spiro atoms. The van der Waals surface area contributed by atoms with E-state index in [0.717, 1.165) is 36.4 Å². The molecule has 1 saturated heterocycles. The number of anilines is 1. The van der Waals surface area contributed by atoms with E-state index in [1.165, 1.54) is 0 Å². The second-order valence-corrected chi connectivity index (χ2v) is 4.93. The van der Waals surface area contributed by atoms with Crippen LogP contribution in [0.25, 0.3) is 5.69 Å². The highest BCUT2D eigenvalue weighted by molar-refractivity contribution is 5.93. The van der Waals surface area contributed by atoms with E-state index in [-0.39, 0.29) is 11.8 Å². The average molecular weight is 272 g/mol. The fourth-order valence-electron chi connectivity index (χ4n) is 2.38. The third-order valence-corrected chi connectivity index (χ3v) is 3.49. The van der Waals surface area contributed by atoms with Crippen LogP contribution in [0.15, 0.2) is 24.5 Å². The highest BCUT2D eigenvalue weighted by atomic mass is 16.1. The number of carbonyl (C=O) groups excluding carboxylic acids is 1. The summed E-state index contributed by atoms with van der Waals surface area (Å²) in [5.41, 5.74) is 2.70. The Morgan fingerprint density at radius 1 is 1.50 bits per heavy atom. The molecule has 20 heavy (non-hydrogen) atoms. The number of nitrogens with zero attached hydrogens (tertiary/aromatic N) is 4. The molecule has 1 aromatic heterocycles. The summed E-state index contributed by atoms with van der Waals surface area (Å²) in [7, 11) is 0. The first kappa shape index (κ1) is 12.7. The predicted octanol–water partition coefficient (Wildman–Crippen LogP) is 0.519. The van der Waals surface area contributed by atoms with Crippen LogP contribution in [-0.4, -0.2) is 39.2 Å². The molecule has 0 radical (unpaired) electrons. The molecule has 3 rings (SSSR count). The van der Waals surface area contributed by atoms with Crippen molar-refractivity contribution in [3.8, 4) is 5.69 Å². The normalized spacial score (nSPS) is 18.1. The van der Waals surface area contributed by atoms with Crippen molar-refractivity contribution in [3.63, 3.8) is 0 Å². The molecule has 1 aliphatic rings. The van der Waals surface area contributed by atoms with Crippen molar-refractivity contribution in [2.45, 2.75) is 13.3 Å². The van der Waals surface area contributed by atoms with Gasteiger partial charge in [0.1, 0.15) is 6.33 Å². The fourth-order valence-corrected chi connectivity index (χ4v) is 2.38. The zero-order valence-corrected chi connectivity index (χ0v) is 11.2. The van der Waals surface area contributed by atoms with Crippen LogP contribution in [0.2, 0.25) is 0 Å². The van der Waals surface area contributed by atoms with Crippen molar-refractivity contribution in [3.05, 3.63) is 30.1 Å². The maximum absolute atomic E-state index is 12.1. The first-order valence-corrected chi connectivity index (χ1v) is 6.59. The molecule has 0 bridgehead atoms. The summed E-state index contributed by atoms with van der Waals surface area (Å²) >= 11 is 0. The molecule has 1 aliphatic heterocycles. The van der Waals surface area contributed by atoms with Gasteiger partial charge in [0, 0.05) is 12.2 Å². The van der Waals surface area contributed by atoms with E-state index in [9.17, 15) is 4.79 Å². The quantitative estimate of drug-likeness (QED) is 0.851. The zero-order valence-electron chi connectivity index (χ0n) is 11.2. The molecule has 0 saturated carbocycles. The van der Waals surface area contributed by atoms with Crippen LogP contribution in [0.3, 0.4) is 0 Å². The molecule has 2 aromatic rings. The minimum absolute atomic E-state index is 0.0644. The first-order chi connectivity index (χ1) is 9.74. The Morgan fingerprint density at radius 2 is 2.40 bits per heavy atom. The van der Waals surface area contributed by atoms with Gasteiger partial charge in [0.15, 0.2) is 0 Å². The van der Waals surface area contributed by atoms with Crippen molar-refractivity contribution < 1.29 is 4.79 Å². The predicted molar refractivity (Wildman–Crippen MR) is 73.5 cm³/mol. The van der Waals surface area contributed by atoms with Gasteiger partial charge in [-0.05, 0) is 54.1 Å². The standard InChI is InChI=1S/C13H16N6O/c1-9-6-11(16-13(20)10-4-5-14-7-10)2-3-12(9)19-8-15-17-18-19/h2-3,6,8,10,14H,4-5,7H2,1H3,(H,16,20). The number of hydrogen-bond donors (Lipinski definition) is 2. The summed E-state index contributed by atoms with van der Waals surface area (Å²) in [6, 6.07) is 5.69. The maximum atomic E-state index is 12.1. The SMILES string of the molecule is Cc1cc(NC(=O)C2CCNC2)ccc1-n1cnnn1. The molecule has 2 heterocycles. The van der Waals surface area contributed by atoms with Crippen LogP contribution in [-0.2, 0) is 4.79 Å². The van der Waals surface area contributed by atoms with E-state index in [0.29, 0.717) is 0 Å². The number of rotatable bonds is 3. The summed E-state index contributed by atoms with van der Waals surface area (Å²) in [6.07, 6.45) is 2.44. The third kappa shape index (κ3) is 2.53.